The lowest BCUT2D eigenvalue weighted by Gasteiger charge is -2.27. The van der Waals surface area contributed by atoms with Crippen LogP contribution in [0, 0.1) is 5.82 Å². The molecule has 1 fully saturated rings. The maximum Gasteiger partial charge on any atom is 0.127 e. The largest absolute Gasteiger partial charge is 0.328 e. The van der Waals surface area contributed by atoms with Gasteiger partial charge in [0.25, 0.3) is 0 Å². The lowest BCUT2D eigenvalue weighted by atomic mass is 10.1. The Balaban J connectivity index is 1.64. The molecule has 0 radical (unpaired) electrons. The molecule has 2 aromatic rings. The van der Waals surface area contributed by atoms with Crippen molar-refractivity contribution in [3.8, 4) is 11.3 Å². The molecule has 0 spiro atoms. The summed E-state index contributed by atoms with van der Waals surface area (Å²) in [5, 5.41) is 7.22. The number of hydrogen-bond donors (Lipinski definition) is 3. The van der Waals surface area contributed by atoms with E-state index in [1.54, 1.807) is 21.9 Å². The molecule has 0 bridgehead atoms. The first kappa shape index (κ1) is 14.2. The van der Waals surface area contributed by atoms with E-state index in [9.17, 15) is 4.39 Å². The van der Waals surface area contributed by atoms with Gasteiger partial charge in [0.1, 0.15) is 32.0 Å². The first-order chi connectivity index (χ1) is 10.2. The predicted octanol–water partition coefficient (Wildman–Crippen LogP) is -0.828. The van der Waals surface area contributed by atoms with Gasteiger partial charge in [0.15, 0.2) is 0 Å². The molecule has 3 N–H and O–H groups in total. The second kappa shape index (κ2) is 6.37. The van der Waals surface area contributed by atoms with Gasteiger partial charge in [-0.1, -0.05) is 0 Å². The fourth-order valence-electron chi connectivity index (χ4n) is 2.96. The van der Waals surface area contributed by atoms with E-state index < -0.39 is 0 Å². The Hall–Kier alpha value is -1.72. The average molecular weight is 290 g/mol. The van der Waals surface area contributed by atoms with Crippen LogP contribution in [0.15, 0.2) is 30.5 Å². The maximum absolute atomic E-state index is 13.0. The van der Waals surface area contributed by atoms with Crippen molar-refractivity contribution in [1.29, 1.82) is 0 Å². The molecular formula is C16H23FN4+2. The molecule has 21 heavy (non-hydrogen) atoms. The normalized spacial score (nSPS) is 22.4. The number of aromatic nitrogens is 2. The van der Waals surface area contributed by atoms with Crippen LogP contribution < -0.4 is 9.80 Å². The molecule has 1 aliphatic heterocycles. The standard InChI is InChI=1S/C16H21FN4/c1-20-8-10-21(11-9-20)7-6-14-12-18-19-16(14)13-2-4-15(17)5-3-13/h2-5,12H,6-11H2,1H3,(H,18,19)/p+2. The number of likely N-dealkylation sites (N-methyl/N-ethyl adjacent to an activating group) is 1. The lowest BCUT2D eigenvalue weighted by Crippen LogP contribution is -3.27. The van der Waals surface area contributed by atoms with E-state index in [1.165, 1.54) is 43.9 Å². The molecular weight excluding hydrogens is 267 g/mol. The van der Waals surface area contributed by atoms with Crippen LogP contribution >= 0.6 is 0 Å². The summed E-state index contributed by atoms with van der Waals surface area (Å²) in [6.45, 7) is 6.14. The summed E-state index contributed by atoms with van der Waals surface area (Å²) >= 11 is 0. The van der Waals surface area contributed by atoms with Crippen LogP contribution in [0.5, 0.6) is 0 Å². The highest BCUT2D eigenvalue weighted by atomic mass is 19.1. The van der Waals surface area contributed by atoms with Crippen LogP contribution in [0.3, 0.4) is 0 Å². The molecule has 2 heterocycles. The second-order valence-corrected chi connectivity index (χ2v) is 5.98. The smallest absolute Gasteiger partial charge is 0.127 e. The Bertz CT molecular complexity index is 570. The van der Waals surface area contributed by atoms with Gasteiger partial charge in [-0.15, -0.1) is 0 Å². The number of benzene rings is 1. The third kappa shape index (κ3) is 3.49. The van der Waals surface area contributed by atoms with Crippen molar-refractivity contribution < 1.29 is 14.2 Å². The summed E-state index contributed by atoms with van der Waals surface area (Å²) in [5.74, 6) is -0.204. The highest BCUT2D eigenvalue weighted by Crippen LogP contribution is 2.21. The molecule has 1 aliphatic rings. The number of quaternary nitrogens is 2. The van der Waals surface area contributed by atoms with Crippen molar-refractivity contribution in [3.63, 3.8) is 0 Å². The minimum Gasteiger partial charge on any atom is -0.328 e. The monoisotopic (exact) mass is 290 g/mol. The molecule has 0 aliphatic carbocycles. The summed E-state index contributed by atoms with van der Waals surface area (Å²) in [4.78, 5) is 3.31. The quantitative estimate of drug-likeness (QED) is 0.676. The molecule has 1 aromatic heterocycles. The van der Waals surface area contributed by atoms with E-state index in [-0.39, 0.29) is 5.82 Å². The van der Waals surface area contributed by atoms with Gasteiger partial charge in [-0.3, -0.25) is 5.10 Å². The molecule has 0 unspecified atom stereocenters. The number of nitrogens with zero attached hydrogens (tertiary/aromatic N) is 1. The number of hydrogen-bond acceptors (Lipinski definition) is 1. The Labute approximate surface area is 124 Å². The molecule has 112 valence electrons. The van der Waals surface area contributed by atoms with Gasteiger partial charge in [0.05, 0.1) is 25.5 Å². The summed E-state index contributed by atoms with van der Waals surface area (Å²) in [6.07, 6.45) is 2.91. The number of halogens is 1. The summed E-state index contributed by atoms with van der Waals surface area (Å²) in [6, 6.07) is 6.60. The van der Waals surface area contributed by atoms with Gasteiger partial charge in [-0.25, -0.2) is 4.39 Å². The van der Waals surface area contributed by atoms with E-state index in [1.807, 2.05) is 6.20 Å². The lowest BCUT2D eigenvalue weighted by molar-refractivity contribution is -1.00. The minimum atomic E-state index is -0.204. The number of aromatic amines is 1. The first-order valence-electron chi connectivity index (χ1n) is 7.65. The van der Waals surface area contributed by atoms with Crippen LogP contribution in [0.4, 0.5) is 4.39 Å². The molecule has 4 nitrogen and oxygen atoms in total. The average Bonchev–Trinajstić information content (AvgIpc) is 2.96. The number of H-pyrrole nitrogens is 1. The zero-order chi connectivity index (χ0) is 14.7. The third-order valence-corrected chi connectivity index (χ3v) is 4.41. The Kier molecular flexibility index (Phi) is 4.31. The van der Waals surface area contributed by atoms with E-state index in [0.29, 0.717) is 0 Å². The zero-order valence-corrected chi connectivity index (χ0v) is 12.5. The third-order valence-electron chi connectivity index (χ3n) is 4.41. The van der Waals surface area contributed by atoms with Crippen LogP contribution in [-0.2, 0) is 6.42 Å². The van der Waals surface area contributed by atoms with Crippen LogP contribution in [0.25, 0.3) is 11.3 Å². The Morgan fingerprint density at radius 3 is 2.57 bits per heavy atom. The summed E-state index contributed by atoms with van der Waals surface area (Å²) < 4.78 is 13.0. The SMILES string of the molecule is C[NH+]1CC[NH+](CCc2cn[nH]c2-c2ccc(F)cc2)CC1. The van der Waals surface area contributed by atoms with Crippen molar-refractivity contribution in [2.45, 2.75) is 6.42 Å². The van der Waals surface area contributed by atoms with Gasteiger partial charge in [-0.05, 0) is 24.3 Å². The van der Waals surface area contributed by atoms with Gasteiger partial charge < -0.3 is 9.80 Å². The van der Waals surface area contributed by atoms with E-state index >= 15 is 0 Å². The van der Waals surface area contributed by atoms with Crippen molar-refractivity contribution in [1.82, 2.24) is 10.2 Å². The summed E-state index contributed by atoms with van der Waals surface area (Å²) in [5.41, 5.74) is 3.25. The van der Waals surface area contributed by atoms with Crippen molar-refractivity contribution >= 4 is 0 Å². The van der Waals surface area contributed by atoms with Gasteiger partial charge >= 0.3 is 0 Å². The van der Waals surface area contributed by atoms with Gasteiger partial charge in [-0.2, -0.15) is 5.10 Å². The zero-order valence-electron chi connectivity index (χ0n) is 12.5. The first-order valence-corrected chi connectivity index (χ1v) is 7.65. The topological polar surface area (TPSA) is 37.6 Å². The molecule has 3 rings (SSSR count). The predicted molar refractivity (Wildman–Crippen MR) is 79.9 cm³/mol. The molecule has 0 atom stereocenters. The Morgan fingerprint density at radius 2 is 1.86 bits per heavy atom. The summed E-state index contributed by atoms with van der Waals surface area (Å²) in [7, 11) is 2.26. The van der Waals surface area contributed by atoms with E-state index in [4.69, 9.17) is 0 Å². The van der Waals surface area contributed by atoms with Crippen molar-refractivity contribution in [3.05, 3.63) is 41.8 Å². The number of piperazine rings is 1. The highest BCUT2D eigenvalue weighted by Gasteiger charge is 2.20. The fourth-order valence-corrected chi connectivity index (χ4v) is 2.96. The molecule has 0 amide bonds. The second-order valence-electron chi connectivity index (χ2n) is 5.98. The van der Waals surface area contributed by atoms with Gasteiger partial charge in [0, 0.05) is 17.5 Å². The fraction of sp³-hybridized carbons (Fsp3) is 0.438. The van der Waals surface area contributed by atoms with Crippen LogP contribution in [0.1, 0.15) is 5.56 Å². The highest BCUT2D eigenvalue weighted by molar-refractivity contribution is 5.62. The maximum atomic E-state index is 13.0. The molecule has 1 aromatic carbocycles. The van der Waals surface area contributed by atoms with E-state index in [0.717, 1.165) is 24.2 Å². The number of rotatable bonds is 4. The van der Waals surface area contributed by atoms with Crippen LogP contribution in [-0.4, -0.2) is 50.0 Å². The van der Waals surface area contributed by atoms with Crippen molar-refractivity contribution in [2.75, 3.05) is 39.8 Å². The van der Waals surface area contributed by atoms with E-state index in [2.05, 4.69) is 17.2 Å². The Morgan fingerprint density at radius 1 is 1.14 bits per heavy atom. The van der Waals surface area contributed by atoms with Crippen LogP contribution in [0.2, 0.25) is 0 Å². The molecule has 1 saturated heterocycles. The molecule has 5 heteroatoms. The molecule has 0 saturated carbocycles. The van der Waals surface area contributed by atoms with Gasteiger partial charge in [0.2, 0.25) is 0 Å². The van der Waals surface area contributed by atoms with Crippen molar-refractivity contribution in [2.24, 2.45) is 0 Å². The minimum absolute atomic E-state index is 0.204. The number of nitrogens with one attached hydrogen (secondary N) is 3.